The number of benzene rings is 3. The van der Waals surface area contributed by atoms with Gasteiger partial charge in [-0.05, 0) is 79.8 Å². The van der Waals surface area contributed by atoms with E-state index in [0.717, 1.165) is 24.0 Å². The van der Waals surface area contributed by atoms with Gasteiger partial charge >= 0.3 is 0 Å². The molecule has 3 aliphatic rings. The highest BCUT2D eigenvalue weighted by Crippen LogP contribution is 2.40. The number of sulfonamides is 1. The van der Waals surface area contributed by atoms with Crippen LogP contribution in [0, 0.1) is 5.92 Å². The molecule has 2 aliphatic heterocycles. The van der Waals surface area contributed by atoms with E-state index in [1.807, 2.05) is 30.3 Å². The maximum atomic E-state index is 16.5. The van der Waals surface area contributed by atoms with Crippen molar-refractivity contribution in [2.45, 2.75) is 92.8 Å². The molecule has 6 rings (SSSR count). The fourth-order valence-corrected chi connectivity index (χ4v) is 8.39. The molecule has 2 bridgehead atoms. The number of ether oxygens (including phenoxy) is 1. The summed E-state index contributed by atoms with van der Waals surface area (Å²) in [5.41, 5.74) is 7.31. The van der Waals surface area contributed by atoms with E-state index in [1.54, 1.807) is 12.1 Å². The first-order chi connectivity index (χ1) is 21.6. The SMILES string of the molecule is NC1CC2CCC(C1)N2C(=O)C(NS(=O)(=O)c1ccc(OCC2CCCCC2)cc1)C(F)(F)c1ccc(-c2ccccc2)cc1. The molecule has 1 aliphatic carbocycles. The molecule has 1 amide bonds. The summed E-state index contributed by atoms with van der Waals surface area (Å²) in [4.78, 5) is 15.3. The topological polar surface area (TPSA) is 102 Å². The number of rotatable bonds is 10. The molecule has 3 unspecified atom stereocenters. The van der Waals surface area contributed by atoms with Crippen molar-refractivity contribution in [1.29, 1.82) is 0 Å². The largest absolute Gasteiger partial charge is 0.493 e. The Bertz CT molecular complexity index is 1550. The maximum absolute atomic E-state index is 16.5. The minimum atomic E-state index is -4.52. The number of fused-ring (bicyclic) bond motifs is 2. The highest BCUT2D eigenvalue weighted by atomic mass is 32.2. The molecule has 7 nitrogen and oxygen atoms in total. The Morgan fingerprint density at radius 3 is 2.09 bits per heavy atom. The molecule has 3 aromatic rings. The van der Waals surface area contributed by atoms with Gasteiger partial charge in [-0.1, -0.05) is 73.9 Å². The van der Waals surface area contributed by atoms with Crippen molar-refractivity contribution in [3.8, 4) is 16.9 Å². The molecule has 0 radical (unpaired) electrons. The zero-order valence-corrected chi connectivity index (χ0v) is 26.1. The second-order valence-electron chi connectivity index (χ2n) is 12.8. The molecule has 3 fully saturated rings. The number of piperidine rings is 1. The van der Waals surface area contributed by atoms with Crippen LogP contribution in [0.1, 0.15) is 63.4 Å². The lowest BCUT2D eigenvalue weighted by atomic mass is 9.90. The highest BCUT2D eigenvalue weighted by molar-refractivity contribution is 7.89. The van der Waals surface area contributed by atoms with E-state index in [1.165, 1.54) is 60.6 Å². The average molecular weight is 638 g/mol. The lowest BCUT2D eigenvalue weighted by Gasteiger charge is -2.41. The van der Waals surface area contributed by atoms with Gasteiger partial charge in [0.2, 0.25) is 15.9 Å². The molecule has 3 aromatic carbocycles. The highest BCUT2D eigenvalue weighted by Gasteiger charge is 2.53. The number of halogens is 2. The van der Waals surface area contributed by atoms with Crippen LogP contribution in [-0.2, 0) is 20.7 Å². The lowest BCUT2D eigenvalue weighted by Crippen LogP contribution is -2.60. The van der Waals surface area contributed by atoms with Crippen molar-refractivity contribution in [2.75, 3.05) is 6.61 Å². The fraction of sp³-hybridized carbons (Fsp3) is 0.457. The van der Waals surface area contributed by atoms with Crippen LogP contribution in [0.2, 0.25) is 0 Å². The first-order valence-corrected chi connectivity index (χ1v) is 17.5. The summed E-state index contributed by atoms with van der Waals surface area (Å²) in [7, 11) is -4.52. The smallest absolute Gasteiger partial charge is 0.298 e. The van der Waals surface area contributed by atoms with E-state index < -0.39 is 33.5 Å². The van der Waals surface area contributed by atoms with Crippen LogP contribution in [0.15, 0.2) is 83.8 Å². The summed E-state index contributed by atoms with van der Waals surface area (Å²) in [6.45, 7) is 0.554. The van der Waals surface area contributed by atoms with Crippen LogP contribution in [-0.4, -0.2) is 50.0 Å². The predicted octanol–water partition coefficient (Wildman–Crippen LogP) is 6.23. The van der Waals surface area contributed by atoms with Gasteiger partial charge < -0.3 is 15.4 Å². The second-order valence-corrected chi connectivity index (χ2v) is 14.5. The Morgan fingerprint density at radius 1 is 0.867 bits per heavy atom. The number of alkyl halides is 2. The second kappa shape index (κ2) is 13.2. The maximum Gasteiger partial charge on any atom is 0.298 e. The summed E-state index contributed by atoms with van der Waals surface area (Å²) < 4.78 is 68.2. The normalized spacial score (nSPS) is 23.1. The van der Waals surface area contributed by atoms with Crippen LogP contribution in [0.3, 0.4) is 0 Å². The van der Waals surface area contributed by atoms with E-state index in [4.69, 9.17) is 10.5 Å². The molecule has 2 saturated heterocycles. The van der Waals surface area contributed by atoms with Crippen LogP contribution < -0.4 is 15.2 Å². The molecule has 0 aromatic heterocycles. The average Bonchev–Trinajstić information content (AvgIpc) is 3.33. The van der Waals surface area contributed by atoms with Gasteiger partial charge in [-0.15, -0.1) is 0 Å². The van der Waals surface area contributed by atoms with Crippen molar-refractivity contribution in [3.05, 3.63) is 84.4 Å². The zero-order chi connectivity index (χ0) is 31.6. The molecular formula is C35H41F2N3O4S. The Kier molecular flexibility index (Phi) is 9.27. The third-order valence-corrected chi connectivity index (χ3v) is 11.1. The number of hydrogen-bond donors (Lipinski definition) is 2. The van der Waals surface area contributed by atoms with Gasteiger partial charge in [-0.2, -0.15) is 13.5 Å². The first-order valence-electron chi connectivity index (χ1n) is 16.0. The number of nitrogens with two attached hydrogens (primary N) is 1. The molecule has 240 valence electrons. The van der Waals surface area contributed by atoms with Gasteiger partial charge in [0.1, 0.15) is 5.75 Å². The van der Waals surface area contributed by atoms with Gasteiger partial charge in [-0.25, -0.2) is 8.42 Å². The quantitative estimate of drug-likeness (QED) is 0.275. The van der Waals surface area contributed by atoms with Crippen molar-refractivity contribution < 1.29 is 26.7 Å². The first kappa shape index (κ1) is 31.6. The van der Waals surface area contributed by atoms with Crippen LogP contribution in [0.25, 0.3) is 11.1 Å². The number of carbonyl (C=O) groups excluding carboxylic acids is 1. The standard InChI is InChI=1S/C35H41F2N3O4S/c36-35(37,27-13-11-26(12-14-27)25-9-5-2-6-10-25)33(34(41)40-29-15-16-30(40)22-28(38)21-29)39-45(42,43)32-19-17-31(18-20-32)44-23-24-7-3-1-4-8-24/h2,5-6,9-14,17-20,24,28-30,33,39H,1,3-4,7-8,15-16,21-23,38H2. The van der Waals surface area contributed by atoms with Gasteiger partial charge in [0.05, 0.1) is 11.5 Å². The van der Waals surface area contributed by atoms with Gasteiger partial charge in [0.25, 0.3) is 5.92 Å². The van der Waals surface area contributed by atoms with Crippen molar-refractivity contribution in [3.63, 3.8) is 0 Å². The van der Waals surface area contributed by atoms with Gasteiger partial charge in [0.15, 0.2) is 6.04 Å². The number of amides is 1. The van der Waals surface area contributed by atoms with E-state index in [2.05, 4.69) is 4.72 Å². The minimum absolute atomic E-state index is 0.119. The third-order valence-electron chi connectivity index (χ3n) is 9.63. The molecule has 3 N–H and O–H groups in total. The molecular weight excluding hydrogens is 596 g/mol. The Hall–Kier alpha value is -3.34. The van der Waals surface area contributed by atoms with Gasteiger partial charge in [0, 0.05) is 23.7 Å². The molecule has 10 heteroatoms. The summed E-state index contributed by atoms with van der Waals surface area (Å²) in [6, 6.07) is 17.6. The van der Waals surface area contributed by atoms with Crippen LogP contribution in [0.4, 0.5) is 8.78 Å². The number of hydrogen-bond acceptors (Lipinski definition) is 5. The van der Waals surface area contributed by atoms with E-state index >= 15 is 8.78 Å². The summed E-state index contributed by atoms with van der Waals surface area (Å²) >= 11 is 0. The van der Waals surface area contributed by atoms with E-state index in [0.29, 0.717) is 44.0 Å². The van der Waals surface area contributed by atoms with Crippen LogP contribution >= 0.6 is 0 Å². The fourth-order valence-electron chi connectivity index (χ4n) is 7.20. The number of nitrogens with zero attached hydrogens (tertiary/aromatic N) is 1. The number of carbonyl (C=O) groups is 1. The summed E-state index contributed by atoms with van der Waals surface area (Å²) in [5, 5.41) is 0. The van der Waals surface area contributed by atoms with Crippen molar-refractivity contribution in [1.82, 2.24) is 9.62 Å². The lowest BCUT2D eigenvalue weighted by molar-refractivity contribution is -0.149. The minimum Gasteiger partial charge on any atom is -0.493 e. The van der Waals surface area contributed by atoms with E-state index in [9.17, 15) is 13.2 Å². The zero-order valence-electron chi connectivity index (χ0n) is 25.3. The van der Waals surface area contributed by atoms with Crippen molar-refractivity contribution in [2.24, 2.45) is 11.7 Å². The Morgan fingerprint density at radius 2 is 1.47 bits per heavy atom. The molecule has 2 heterocycles. The van der Waals surface area contributed by atoms with Crippen molar-refractivity contribution >= 4 is 15.9 Å². The van der Waals surface area contributed by atoms with Crippen LogP contribution in [0.5, 0.6) is 5.75 Å². The van der Waals surface area contributed by atoms with Gasteiger partial charge in [-0.3, -0.25) is 4.79 Å². The Labute approximate surface area is 264 Å². The van der Waals surface area contributed by atoms with E-state index in [-0.39, 0.29) is 23.0 Å². The molecule has 45 heavy (non-hydrogen) atoms. The summed E-state index contributed by atoms with van der Waals surface area (Å²) in [5.74, 6) is -3.79. The molecule has 0 spiro atoms. The predicted molar refractivity (Wildman–Crippen MR) is 169 cm³/mol. The molecule has 1 saturated carbocycles. The third kappa shape index (κ3) is 6.93. The monoisotopic (exact) mass is 637 g/mol. The summed E-state index contributed by atoms with van der Waals surface area (Å²) in [6.07, 6.45) is 8.15. The Balaban J connectivity index is 1.26. The number of nitrogens with one attached hydrogen (secondary N) is 1. The molecule has 3 atom stereocenters.